The molecule has 0 aliphatic heterocycles. The number of nitrogens with zero attached hydrogens (tertiary/aromatic N) is 2. The molecule has 0 unspecified atom stereocenters. The van der Waals surface area contributed by atoms with Gasteiger partial charge in [-0.1, -0.05) is 0 Å². The van der Waals surface area contributed by atoms with E-state index in [-0.39, 0.29) is 11.1 Å². The SMILES string of the molecule is Cc1cc2c(C)c3c(=O)n4c(Br)ccc4c(C)c3c(=O)n2c1Br. The minimum atomic E-state index is -0.162. The summed E-state index contributed by atoms with van der Waals surface area (Å²) < 4.78 is 4.70. The zero-order chi connectivity index (χ0) is 16.6. The van der Waals surface area contributed by atoms with Crippen molar-refractivity contribution in [3.05, 3.63) is 64.8 Å². The van der Waals surface area contributed by atoms with E-state index in [1.165, 1.54) is 0 Å². The van der Waals surface area contributed by atoms with Crippen molar-refractivity contribution in [1.29, 1.82) is 0 Å². The summed E-state index contributed by atoms with van der Waals surface area (Å²) in [6, 6.07) is 5.62. The average molecular weight is 436 g/mol. The Kier molecular flexibility index (Phi) is 3.03. The van der Waals surface area contributed by atoms with E-state index in [4.69, 9.17) is 0 Å². The fraction of sp³-hybridized carbons (Fsp3) is 0.176. The van der Waals surface area contributed by atoms with Crippen molar-refractivity contribution >= 4 is 53.7 Å². The minimum Gasteiger partial charge on any atom is -0.270 e. The van der Waals surface area contributed by atoms with E-state index in [1.807, 2.05) is 39.0 Å². The third-order valence-corrected chi connectivity index (χ3v) is 6.15. The van der Waals surface area contributed by atoms with Crippen LogP contribution < -0.4 is 11.1 Å². The topological polar surface area (TPSA) is 43.0 Å². The van der Waals surface area contributed by atoms with E-state index >= 15 is 0 Å². The number of pyridine rings is 2. The van der Waals surface area contributed by atoms with Crippen LogP contribution in [-0.4, -0.2) is 8.80 Å². The first-order chi connectivity index (χ1) is 10.8. The van der Waals surface area contributed by atoms with E-state index in [0.29, 0.717) is 15.4 Å². The predicted octanol–water partition coefficient (Wildman–Crippen LogP) is 3.95. The Morgan fingerprint density at radius 1 is 0.826 bits per heavy atom. The summed E-state index contributed by atoms with van der Waals surface area (Å²) >= 11 is 6.91. The molecule has 0 aliphatic carbocycles. The summed E-state index contributed by atoms with van der Waals surface area (Å²) in [5.74, 6) is 0. The lowest BCUT2D eigenvalue weighted by atomic mass is 10.0. The van der Waals surface area contributed by atoms with Crippen molar-refractivity contribution in [2.24, 2.45) is 0 Å². The average Bonchev–Trinajstić information content (AvgIpc) is 3.03. The summed E-state index contributed by atoms with van der Waals surface area (Å²) in [6.45, 7) is 5.72. The summed E-state index contributed by atoms with van der Waals surface area (Å²) in [4.78, 5) is 26.1. The van der Waals surface area contributed by atoms with Crippen LogP contribution >= 0.6 is 31.9 Å². The van der Waals surface area contributed by atoms with Gasteiger partial charge < -0.3 is 0 Å². The standard InChI is InChI=1S/C17H12Br2N2O2/c1-7-6-11-9(3)14-13(17(23)21(11)15(7)19)8(2)10-4-5-12(18)20(10)16(14)22/h4-6H,1-3H3. The van der Waals surface area contributed by atoms with Gasteiger partial charge in [-0.25, -0.2) is 0 Å². The van der Waals surface area contributed by atoms with Gasteiger partial charge in [-0.3, -0.25) is 18.4 Å². The molecule has 0 radical (unpaired) electrons. The van der Waals surface area contributed by atoms with Crippen molar-refractivity contribution in [3.8, 4) is 0 Å². The molecule has 0 aromatic carbocycles. The fourth-order valence-corrected chi connectivity index (χ4v) is 4.34. The van der Waals surface area contributed by atoms with E-state index in [9.17, 15) is 9.59 Å². The molecule has 116 valence electrons. The van der Waals surface area contributed by atoms with Crippen LogP contribution in [0.4, 0.5) is 0 Å². The second kappa shape index (κ2) is 4.68. The molecular weight excluding hydrogens is 424 g/mol. The molecule has 4 heterocycles. The zero-order valence-corrected chi connectivity index (χ0v) is 15.9. The minimum absolute atomic E-state index is 0.157. The first-order valence-electron chi connectivity index (χ1n) is 7.12. The molecule has 0 fully saturated rings. The molecule has 4 nitrogen and oxygen atoms in total. The smallest absolute Gasteiger partial charge is 0.264 e. The molecule has 0 spiro atoms. The third kappa shape index (κ3) is 1.71. The lowest BCUT2D eigenvalue weighted by Gasteiger charge is -2.10. The van der Waals surface area contributed by atoms with Gasteiger partial charge >= 0.3 is 0 Å². The van der Waals surface area contributed by atoms with Gasteiger partial charge in [-0.15, -0.1) is 0 Å². The molecule has 0 amide bonds. The maximum Gasteiger partial charge on any atom is 0.264 e. The molecule has 0 bridgehead atoms. The molecule has 4 aromatic heterocycles. The predicted molar refractivity (Wildman–Crippen MR) is 99.2 cm³/mol. The Morgan fingerprint density at radius 2 is 1.39 bits per heavy atom. The first kappa shape index (κ1) is 14.9. The Hall–Kier alpha value is -1.66. The van der Waals surface area contributed by atoms with Crippen molar-refractivity contribution in [1.82, 2.24) is 8.80 Å². The Morgan fingerprint density at radius 3 is 2.04 bits per heavy atom. The normalized spacial score (nSPS) is 12.0. The first-order valence-corrected chi connectivity index (χ1v) is 8.70. The highest BCUT2D eigenvalue weighted by molar-refractivity contribution is 9.10. The maximum absolute atomic E-state index is 13.1. The van der Waals surface area contributed by atoms with Crippen LogP contribution in [0.2, 0.25) is 0 Å². The molecule has 6 heteroatoms. The number of hydrogen-bond donors (Lipinski definition) is 0. The highest BCUT2D eigenvalue weighted by Crippen LogP contribution is 2.28. The molecule has 0 atom stereocenters. The van der Waals surface area contributed by atoms with E-state index in [2.05, 4.69) is 31.9 Å². The Balaban J connectivity index is 2.50. The van der Waals surface area contributed by atoms with Gasteiger partial charge in [0, 0.05) is 0 Å². The van der Waals surface area contributed by atoms with Crippen LogP contribution in [-0.2, 0) is 0 Å². The van der Waals surface area contributed by atoms with Crippen LogP contribution in [0.15, 0.2) is 37.0 Å². The quantitative estimate of drug-likeness (QED) is 0.419. The Bertz CT molecular complexity index is 1250. The second-order valence-corrected chi connectivity index (χ2v) is 7.39. The van der Waals surface area contributed by atoms with Crippen LogP contribution in [0.25, 0.3) is 21.8 Å². The lowest BCUT2D eigenvalue weighted by molar-refractivity contribution is 1.06. The molecule has 0 saturated carbocycles. The van der Waals surface area contributed by atoms with Crippen molar-refractivity contribution in [3.63, 3.8) is 0 Å². The van der Waals surface area contributed by atoms with E-state index in [1.54, 1.807) is 8.80 Å². The molecule has 4 aromatic rings. The monoisotopic (exact) mass is 434 g/mol. The lowest BCUT2D eigenvalue weighted by Crippen LogP contribution is -2.23. The maximum atomic E-state index is 13.1. The highest BCUT2D eigenvalue weighted by Gasteiger charge is 2.20. The molecule has 23 heavy (non-hydrogen) atoms. The summed E-state index contributed by atoms with van der Waals surface area (Å²) in [7, 11) is 0. The second-order valence-electron chi connectivity index (χ2n) is 5.83. The van der Waals surface area contributed by atoms with Gasteiger partial charge in [0.2, 0.25) is 0 Å². The Labute approximate surface area is 148 Å². The van der Waals surface area contributed by atoms with E-state index < -0.39 is 0 Å². The van der Waals surface area contributed by atoms with Crippen molar-refractivity contribution < 1.29 is 0 Å². The summed E-state index contributed by atoms with van der Waals surface area (Å²) in [6.07, 6.45) is 0. The van der Waals surface area contributed by atoms with Gasteiger partial charge in [-0.2, -0.15) is 0 Å². The third-order valence-electron chi connectivity index (χ3n) is 4.55. The molecule has 0 saturated heterocycles. The summed E-state index contributed by atoms with van der Waals surface area (Å²) in [5.41, 5.74) is 3.82. The largest absolute Gasteiger partial charge is 0.270 e. The van der Waals surface area contributed by atoms with E-state index in [0.717, 1.165) is 32.3 Å². The highest BCUT2D eigenvalue weighted by atomic mass is 79.9. The number of hydrogen-bond acceptors (Lipinski definition) is 2. The van der Waals surface area contributed by atoms with Crippen molar-refractivity contribution in [2.45, 2.75) is 20.8 Å². The van der Waals surface area contributed by atoms with Gasteiger partial charge in [0.1, 0.15) is 0 Å². The zero-order valence-electron chi connectivity index (χ0n) is 12.7. The number of rotatable bonds is 0. The van der Waals surface area contributed by atoms with Crippen LogP contribution in [0, 0.1) is 20.8 Å². The van der Waals surface area contributed by atoms with Crippen LogP contribution in [0.5, 0.6) is 0 Å². The number of halogens is 2. The molecule has 0 aliphatic rings. The molecule has 0 N–H and O–H groups in total. The number of aryl methyl sites for hydroxylation is 3. The van der Waals surface area contributed by atoms with Gasteiger partial charge in [-0.05, 0) is 87.5 Å². The van der Waals surface area contributed by atoms with Gasteiger partial charge in [0.05, 0.1) is 31.0 Å². The molecule has 4 rings (SSSR count). The van der Waals surface area contributed by atoms with Gasteiger partial charge in [0.25, 0.3) is 11.1 Å². The van der Waals surface area contributed by atoms with Crippen LogP contribution in [0.3, 0.4) is 0 Å². The number of fused-ring (bicyclic) bond motifs is 3. The van der Waals surface area contributed by atoms with Crippen LogP contribution in [0.1, 0.15) is 16.7 Å². The van der Waals surface area contributed by atoms with Crippen molar-refractivity contribution in [2.75, 3.05) is 0 Å². The fourth-order valence-electron chi connectivity index (χ4n) is 3.39. The summed E-state index contributed by atoms with van der Waals surface area (Å²) in [5, 5.41) is 0.990. The van der Waals surface area contributed by atoms with Gasteiger partial charge in [0.15, 0.2) is 0 Å². The number of aromatic nitrogens is 2. The molecular formula is C17H12Br2N2O2.